The number of non-ortho nitro benzene ring substituents is 1. The van der Waals surface area contributed by atoms with Gasteiger partial charge in [-0.2, -0.15) is 0 Å². The van der Waals surface area contributed by atoms with Gasteiger partial charge >= 0.3 is 0 Å². The number of hydrogen-bond acceptors (Lipinski definition) is 4. The van der Waals surface area contributed by atoms with Crippen molar-refractivity contribution >= 4 is 15.4 Å². The first-order valence-electron chi connectivity index (χ1n) is 6.10. The Balaban J connectivity index is 2.03. The molecule has 6 heteroatoms. The zero-order valence-corrected chi connectivity index (χ0v) is 11.4. The maximum Gasteiger partial charge on any atom is 0.269 e. The Morgan fingerprint density at radius 2 is 1.85 bits per heavy atom. The monoisotopic (exact) mass is 288 g/mol. The summed E-state index contributed by atoms with van der Waals surface area (Å²) in [5.74, 6) is 0.310. The molecular weight excluding hydrogens is 276 g/mol. The Kier molecular flexibility index (Phi) is 3.02. The van der Waals surface area contributed by atoms with Crippen molar-refractivity contribution in [3.05, 3.63) is 69.8 Å². The number of nitrogens with zero attached hydrogens (tertiary/aromatic N) is 2. The number of nitro benzene ring substituents is 1. The van der Waals surface area contributed by atoms with Gasteiger partial charge in [-0.15, -0.1) is 0 Å². The summed E-state index contributed by atoms with van der Waals surface area (Å²) in [5, 5.41) is 10.8. The predicted octanol–water partition coefficient (Wildman–Crippen LogP) is 3.14. The van der Waals surface area contributed by atoms with Gasteiger partial charge in [0.1, 0.15) is 0 Å². The van der Waals surface area contributed by atoms with E-state index in [0.29, 0.717) is 10.6 Å². The van der Waals surface area contributed by atoms with Crippen molar-refractivity contribution < 1.29 is 9.13 Å². The number of fused-ring (bicyclic) bond motifs is 1. The van der Waals surface area contributed by atoms with Crippen molar-refractivity contribution in [2.24, 2.45) is 4.36 Å². The molecule has 0 aliphatic carbocycles. The van der Waals surface area contributed by atoms with E-state index in [9.17, 15) is 14.3 Å². The molecule has 102 valence electrons. The molecule has 1 atom stereocenters. The molecule has 1 heterocycles. The Morgan fingerprint density at radius 1 is 1.10 bits per heavy atom. The highest BCUT2D eigenvalue weighted by atomic mass is 32.2. The molecular formula is C14H12N2O3S. The molecule has 0 saturated heterocycles. The lowest BCUT2D eigenvalue weighted by Crippen LogP contribution is -2.12. The Hall–Kier alpha value is -2.21. The highest BCUT2D eigenvalue weighted by Crippen LogP contribution is 2.29. The van der Waals surface area contributed by atoms with E-state index in [2.05, 4.69) is 4.36 Å². The fourth-order valence-corrected chi connectivity index (χ4v) is 4.28. The molecule has 0 fully saturated rings. The first-order chi connectivity index (χ1) is 9.58. The van der Waals surface area contributed by atoms with Crippen LogP contribution in [0.25, 0.3) is 0 Å². The lowest BCUT2D eigenvalue weighted by atomic mass is 10.1. The van der Waals surface area contributed by atoms with Crippen LogP contribution in [0.5, 0.6) is 0 Å². The summed E-state index contributed by atoms with van der Waals surface area (Å²) < 4.78 is 17.2. The zero-order chi connectivity index (χ0) is 14.2. The van der Waals surface area contributed by atoms with Crippen LogP contribution in [0.3, 0.4) is 0 Å². The molecule has 0 spiro atoms. The zero-order valence-electron chi connectivity index (χ0n) is 10.6. The molecule has 2 aromatic rings. The van der Waals surface area contributed by atoms with E-state index in [1.807, 2.05) is 30.3 Å². The summed E-state index contributed by atoms with van der Waals surface area (Å²) >= 11 is 0. The molecule has 1 aliphatic heterocycles. The molecule has 3 rings (SSSR count). The lowest BCUT2D eigenvalue weighted by Gasteiger charge is -2.18. The SMILES string of the molecule is O=[N+]([O-])c1ccc2c(c1)CN=S(=O)(c1ccccc1)C2. The van der Waals surface area contributed by atoms with Crippen LogP contribution in [0.15, 0.2) is 57.8 Å². The summed E-state index contributed by atoms with van der Waals surface area (Å²) in [6, 6.07) is 13.8. The van der Waals surface area contributed by atoms with Gasteiger partial charge in [-0.25, -0.2) is 8.57 Å². The van der Waals surface area contributed by atoms with Crippen molar-refractivity contribution in [1.29, 1.82) is 0 Å². The number of rotatable bonds is 2. The largest absolute Gasteiger partial charge is 0.269 e. The van der Waals surface area contributed by atoms with E-state index in [1.165, 1.54) is 12.1 Å². The smallest absolute Gasteiger partial charge is 0.258 e. The Morgan fingerprint density at radius 3 is 2.55 bits per heavy atom. The van der Waals surface area contributed by atoms with Gasteiger partial charge in [0.25, 0.3) is 5.69 Å². The van der Waals surface area contributed by atoms with E-state index in [-0.39, 0.29) is 12.2 Å². The Labute approximate surface area is 116 Å². The fraction of sp³-hybridized carbons (Fsp3) is 0.143. The number of hydrogen-bond donors (Lipinski definition) is 0. The minimum absolute atomic E-state index is 0.0482. The predicted molar refractivity (Wildman–Crippen MR) is 75.8 cm³/mol. The highest BCUT2D eigenvalue weighted by Gasteiger charge is 2.21. The first kappa shape index (κ1) is 12.8. The molecule has 1 aliphatic rings. The van der Waals surface area contributed by atoms with Gasteiger partial charge in [0.15, 0.2) is 0 Å². The molecule has 1 unspecified atom stereocenters. The van der Waals surface area contributed by atoms with E-state index in [0.717, 1.165) is 11.1 Å². The van der Waals surface area contributed by atoms with Gasteiger partial charge in [0.05, 0.1) is 26.9 Å². The summed E-state index contributed by atoms with van der Waals surface area (Å²) in [5.41, 5.74) is 1.71. The summed E-state index contributed by atoms with van der Waals surface area (Å²) in [6.45, 7) is 0.255. The van der Waals surface area contributed by atoms with Crippen molar-refractivity contribution in [2.45, 2.75) is 17.2 Å². The molecule has 0 bridgehead atoms. The third-order valence-electron chi connectivity index (χ3n) is 3.31. The second kappa shape index (κ2) is 4.72. The minimum atomic E-state index is -2.46. The number of nitro groups is 1. The van der Waals surface area contributed by atoms with E-state index in [4.69, 9.17) is 0 Å². The maximum absolute atomic E-state index is 12.9. The molecule has 0 radical (unpaired) electrons. The fourth-order valence-electron chi connectivity index (χ4n) is 2.24. The van der Waals surface area contributed by atoms with Crippen LogP contribution in [0.4, 0.5) is 5.69 Å². The molecule has 0 saturated carbocycles. The second-order valence-corrected chi connectivity index (χ2v) is 6.89. The van der Waals surface area contributed by atoms with Gasteiger partial charge in [-0.05, 0) is 23.3 Å². The third kappa shape index (κ3) is 2.18. The normalized spacial score (nSPS) is 20.8. The second-order valence-electron chi connectivity index (χ2n) is 4.60. The Bertz CT molecular complexity index is 793. The molecule has 5 nitrogen and oxygen atoms in total. The van der Waals surface area contributed by atoms with Gasteiger partial charge < -0.3 is 0 Å². The van der Waals surface area contributed by atoms with Gasteiger partial charge in [0, 0.05) is 17.0 Å². The van der Waals surface area contributed by atoms with Crippen molar-refractivity contribution in [3.63, 3.8) is 0 Å². The average molecular weight is 288 g/mol. The minimum Gasteiger partial charge on any atom is -0.258 e. The van der Waals surface area contributed by atoms with Crippen molar-refractivity contribution in [3.8, 4) is 0 Å². The van der Waals surface area contributed by atoms with Crippen LogP contribution in [0, 0.1) is 10.1 Å². The van der Waals surface area contributed by atoms with Crippen molar-refractivity contribution in [1.82, 2.24) is 0 Å². The topological polar surface area (TPSA) is 72.6 Å². The summed E-state index contributed by atoms with van der Waals surface area (Å²) in [7, 11) is -2.46. The summed E-state index contributed by atoms with van der Waals surface area (Å²) in [4.78, 5) is 11.0. The van der Waals surface area contributed by atoms with E-state index in [1.54, 1.807) is 6.07 Å². The molecule has 0 aromatic heterocycles. The summed E-state index contributed by atoms with van der Waals surface area (Å²) in [6.07, 6.45) is 0. The van der Waals surface area contributed by atoms with Crippen LogP contribution >= 0.6 is 0 Å². The van der Waals surface area contributed by atoms with Gasteiger partial charge in [-0.3, -0.25) is 10.1 Å². The average Bonchev–Trinajstić information content (AvgIpc) is 2.47. The number of benzene rings is 2. The van der Waals surface area contributed by atoms with Crippen molar-refractivity contribution in [2.75, 3.05) is 0 Å². The van der Waals surface area contributed by atoms with Gasteiger partial charge in [-0.1, -0.05) is 24.3 Å². The highest BCUT2D eigenvalue weighted by molar-refractivity contribution is 7.93. The third-order valence-corrected chi connectivity index (χ3v) is 5.56. The van der Waals surface area contributed by atoms with Crippen LogP contribution in [0.2, 0.25) is 0 Å². The van der Waals surface area contributed by atoms with Crippen LogP contribution in [-0.2, 0) is 22.0 Å². The molecule has 0 amide bonds. The van der Waals surface area contributed by atoms with Crippen LogP contribution in [0.1, 0.15) is 11.1 Å². The molecule has 0 N–H and O–H groups in total. The molecule has 2 aromatic carbocycles. The van der Waals surface area contributed by atoms with Gasteiger partial charge in [0.2, 0.25) is 0 Å². The van der Waals surface area contributed by atoms with E-state index >= 15 is 0 Å². The van der Waals surface area contributed by atoms with Crippen LogP contribution in [-0.4, -0.2) is 9.13 Å². The lowest BCUT2D eigenvalue weighted by molar-refractivity contribution is -0.384. The first-order valence-corrected chi connectivity index (χ1v) is 7.79. The quantitative estimate of drug-likeness (QED) is 0.629. The molecule has 20 heavy (non-hydrogen) atoms. The maximum atomic E-state index is 12.9. The van der Waals surface area contributed by atoms with Crippen LogP contribution < -0.4 is 0 Å². The van der Waals surface area contributed by atoms with E-state index < -0.39 is 14.7 Å². The standard InChI is InChI=1S/C14H12N2O3S/c17-16(18)13-7-6-11-10-20(19,15-9-12(11)8-13)14-4-2-1-3-5-14/h1-8H,9-10H2.